The summed E-state index contributed by atoms with van der Waals surface area (Å²) in [5, 5.41) is 14.1. The van der Waals surface area contributed by atoms with Crippen LogP contribution < -0.4 is 5.32 Å². The molecule has 0 radical (unpaired) electrons. The topological polar surface area (TPSA) is 45.2 Å². The van der Waals surface area contributed by atoms with Crippen LogP contribution in [0.25, 0.3) is 0 Å². The van der Waals surface area contributed by atoms with E-state index in [1.165, 1.54) is 5.56 Å². The molecule has 130 valence electrons. The van der Waals surface area contributed by atoms with Crippen molar-refractivity contribution in [2.75, 3.05) is 0 Å². The molecule has 0 aliphatic carbocycles. The van der Waals surface area contributed by atoms with Crippen LogP contribution in [0.5, 0.6) is 5.75 Å². The number of aromatic hydroxyl groups is 1. The summed E-state index contributed by atoms with van der Waals surface area (Å²) in [5.41, 5.74) is 4.15. The van der Waals surface area contributed by atoms with Crippen LogP contribution in [0, 0.1) is 0 Å². The van der Waals surface area contributed by atoms with E-state index >= 15 is 0 Å². The summed E-state index contributed by atoms with van der Waals surface area (Å²) in [5.74, 6) is 0.407. The molecule has 0 aliphatic rings. The first-order valence-electron chi connectivity index (χ1n) is 8.56. The molecule has 1 aromatic heterocycles. The molecule has 3 nitrogen and oxygen atoms in total. The lowest BCUT2D eigenvalue weighted by molar-refractivity contribution is 0.435. The Morgan fingerprint density at radius 1 is 0.958 bits per heavy atom. The Bertz CT molecular complexity index is 679. The SMILES string of the molecule is CC(C)(C)c1cc(CNCc2ccccn2)c(O)c(C(C)(C)C)c1. The second-order valence-electron chi connectivity index (χ2n) is 8.46. The van der Waals surface area contributed by atoms with E-state index < -0.39 is 0 Å². The second kappa shape index (κ2) is 6.94. The summed E-state index contributed by atoms with van der Waals surface area (Å²) in [6.07, 6.45) is 1.80. The van der Waals surface area contributed by atoms with Gasteiger partial charge in [0.1, 0.15) is 5.75 Å². The Morgan fingerprint density at radius 2 is 1.67 bits per heavy atom. The molecule has 2 N–H and O–H groups in total. The van der Waals surface area contributed by atoms with Gasteiger partial charge in [-0.15, -0.1) is 0 Å². The molecule has 24 heavy (non-hydrogen) atoms. The van der Waals surface area contributed by atoms with Crippen LogP contribution in [0.15, 0.2) is 36.5 Å². The molecule has 3 heteroatoms. The zero-order valence-electron chi connectivity index (χ0n) is 15.8. The van der Waals surface area contributed by atoms with Crippen molar-refractivity contribution in [3.8, 4) is 5.75 Å². The van der Waals surface area contributed by atoms with Gasteiger partial charge >= 0.3 is 0 Å². The van der Waals surface area contributed by atoms with E-state index in [-0.39, 0.29) is 10.8 Å². The average molecular weight is 326 g/mol. The number of hydrogen-bond donors (Lipinski definition) is 2. The molecule has 0 atom stereocenters. The second-order valence-corrected chi connectivity index (χ2v) is 8.46. The number of nitrogens with one attached hydrogen (secondary N) is 1. The lowest BCUT2D eigenvalue weighted by Crippen LogP contribution is -2.20. The maximum atomic E-state index is 10.8. The summed E-state index contributed by atoms with van der Waals surface area (Å²) in [6.45, 7) is 14.3. The Hall–Kier alpha value is -1.87. The van der Waals surface area contributed by atoms with Gasteiger partial charge in [0.25, 0.3) is 0 Å². The standard InChI is InChI=1S/C21H30N2O/c1-20(2,3)16-11-15(19(24)18(12-16)21(4,5)6)13-22-14-17-9-7-8-10-23-17/h7-12,22,24H,13-14H2,1-6H3. The molecule has 0 fully saturated rings. The highest BCUT2D eigenvalue weighted by atomic mass is 16.3. The Morgan fingerprint density at radius 3 is 2.21 bits per heavy atom. The summed E-state index contributed by atoms with van der Waals surface area (Å²) in [6, 6.07) is 10.2. The Kier molecular flexibility index (Phi) is 5.34. The maximum absolute atomic E-state index is 10.8. The molecule has 0 bridgehead atoms. The fraction of sp³-hybridized carbons (Fsp3) is 0.476. The third kappa shape index (κ3) is 4.57. The zero-order chi connectivity index (χ0) is 18.0. The first-order valence-corrected chi connectivity index (χ1v) is 8.56. The molecule has 0 saturated carbocycles. The van der Waals surface area contributed by atoms with Crippen LogP contribution in [-0.4, -0.2) is 10.1 Å². The molecule has 1 heterocycles. The average Bonchev–Trinajstić information content (AvgIpc) is 2.47. The van der Waals surface area contributed by atoms with Crippen molar-refractivity contribution in [1.29, 1.82) is 0 Å². The summed E-state index contributed by atoms with van der Waals surface area (Å²) < 4.78 is 0. The number of pyridine rings is 1. The Labute approximate surface area is 146 Å². The minimum Gasteiger partial charge on any atom is -0.507 e. The highest BCUT2D eigenvalue weighted by molar-refractivity contribution is 5.48. The van der Waals surface area contributed by atoms with E-state index in [1.54, 1.807) is 6.20 Å². The maximum Gasteiger partial charge on any atom is 0.123 e. The minimum atomic E-state index is -0.0962. The van der Waals surface area contributed by atoms with E-state index in [2.05, 4.69) is 64.0 Å². The van der Waals surface area contributed by atoms with Gasteiger partial charge in [-0.05, 0) is 34.1 Å². The minimum absolute atomic E-state index is 0.0451. The fourth-order valence-corrected chi connectivity index (χ4v) is 2.66. The molecule has 0 aliphatic heterocycles. The van der Waals surface area contributed by atoms with Crippen LogP contribution in [0.2, 0.25) is 0 Å². The quantitative estimate of drug-likeness (QED) is 0.858. The number of rotatable bonds is 4. The third-order valence-electron chi connectivity index (χ3n) is 4.21. The van der Waals surface area contributed by atoms with E-state index in [0.29, 0.717) is 18.8 Å². The largest absolute Gasteiger partial charge is 0.507 e. The lowest BCUT2D eigenvalue weighted by Gasteiger charge is -2.27. The van der Waals surface area contributed by atoms with Gasteiger partial charge in [-0.2, -0.15) is 0 Å². The van der Waals surface area contributed by atoms with Gasteiger partial charge < -0.3 is 10.4 Å². The van der Waals surface area contributed by atoms with Crippen LogP contribution in [0.3, 0.4) is 0 Å². The summed E-state index contributed by atoms with van der Waals surface area (Å²) in [7, 11) is 0. The Balaban J connectivity index is 2.27. The first kappa shape index (κ1) is 18.5. The van der Waals surface area contributed by atoms with Gasteiger partial charge in [0.05, 0.1) is 5.69 Å². The van der Waals surface area contributed by atoms with Crippen molar-refractivity contribution in [1.82, 2.24) is 10.3 Å². The van der Waals surface area contributed by atoms with E-state index in [4.69, 9.17) is 0 Å². The lowest BCUT2D eigenvalue weighted by atomic mass is 9.79. The zero-order valence-corrected chi connectivity index (χ0v) is 15.8. The molecular weight excluding hydrogens is 296 g/mol. The molecule has 1 aromatic carbocycles. The van der Waals surface area contributed by atoms with Gasteiger partial charge in [-0.1, -0.05) is 59.7 Å². The highest BCUT2D eigenvalue weighted by Crippen LogP contribution is 2.37. The van der Waals surface area contributed by atoms with Gasteiger partial charge in [-0.25, -0.2) is 0 Å². The summed E-state index contributed by atoms with van der Waals surface area (Å²) in [4.78, 5) is 4.32. The number of nitrogens with zero attached hydrogens (tertiary/aromatic N) is 1. The molecule has 0 unspecified atom stereocenters. The van der Waals surface area contributed by atoms with Crippen molar-refractivity contribution in [3.63, 3.8) is 0 Å². The number of hydrogen-bond acceptors (Lipinski definition) is 3. The van der Waals surface area contributed by atoms with Crippen LogP contribution in [-0.2, 0) is 23.9 Å². The van der Waals surface area contributed by atoms with E-state index in [1.807, 2.05) is 18.2 Å². The number of phenols is 1. The number of aromatic nitrogens is 1. The molecule has 0 saturated heterocycles. The van der Waals surface area contributed by atoms with Crippen LogP contribution in [0.1, 0.15) is 63.9 Å². The fourth-order valence-electron chi connectivity index (χ4n) is 2.66. The predicted molar refractivity (Wildman–Crippen MR) is 100 cm³/mol. The van der Waals surface area contributed by atoms with Crippen LogP contribution in [0.4, 0.5) is 0 Å². The smallest absolute Gasteiger partial charge is 0.123 e. The number of benzene rings is 1. The molecule has 0 amide bonds. The molecule has 0 spiro atoms. The van der Waals surface area contributed by atoms with Gasteiger partial charge in [0.15, 0.2) is 0 Å². The predicted octanol–water partition coefficient (Wildman–Crippen LogP) is 4.67. The third-order valence-corrected chi connectivity index (χ3v) is 4.21. The molecule has 2 rings (SSSR count). The van der Waals surface area contributed by atoms with Crippen LogP contribution >= 0.6 is 0 Å². The van der Waals surface area contributed by atoms with Crippen molar-refractivity contribution in [2.45, 2.75) is 65.5 Å². The van der Waals surface area contributed by atoms with Gasteiger partial charge in [0.2, 0.25) is 0 Å². The van der Waals surface area contributed by atoms with E-state index in [9.17, 15) is 5.11 Å². The first-order chi connectivity index (χ1) is 11.1. The number of phenolic OH excluding ortho intramolecular Hbond substituents is 1. The van der Waals surface area contributed by atoms with E-state index in [0.717, 1.165) is 16.8 Å². The molecular formula is C21H30N2O. The van der Waals surface area contributed by atoms with Gasteiger partial charge in [-0.3, -0.25) is 4.98 Å². The normalized spacial score (nSPS) is 12.4. The summed E-state index contributed by atoms with van der Waals surface area (Å²) >= 11 is 0. The molecule has 2 aromatic rings. The van der Waals surface area contributed by atoms with Crippen molar-refractivity contribution in [2.24, 2.45) is 0 Å². The van der Waals surface area contributed by atoms with Crippen molar-refractivity contribution < 1.29 is 5.11 Å². The van der Waals surface area contributed by atoms with Gasteiger partial charge in [0, 0.05) is 24.8 Å². The van der Waals surface area contributed by atoms with Crippen molar-refractivity contribution >= 4 is 0 Å². The highest BCUT2D eigenvalue weighted by Gasteiger charge is 2.24. The van der Waals surface area contributed by atoms with Crippen molar-refractivity contribution in [3.05, 3.63) is 58.9 Å². The monoisotopic (exact) mass is 326 g/mol.